The molecular formula is C32H34N4O9S. The van der Waals surface area contributed by atoms with E-state index in [-0.39, 0.29) is 26.1 Å². The van der Waals surface area contributed by atoms with Gasteiger partial charge in [-0.05, 0) is 47.9 Å². The number of aliphatic hydroxyl groups is 1. The van der Waals surface area contributed by atoms with E-state index in [1.54, 1.807) is 54.6 Å². The molecule has 0 unspecified atom stereocenters. The molecule has 0 saturated heterocycles. The number of hydrogen-bond donors (Lipinski definition) is 2. The summed E-state index contributed by atoms with van der Waals surface area (Å²) >= 11 is 0. The number of aromatic nitrogens is 1. The molecule has 0 saturated carbocycles. The van der Waals surface area contributed by atoms with Gasteiger partial charge in [-0.2, -0.15) is 4.31 Å². The molecule has 1 heterocycles. The summed E-state index contributed by atoms with van der Waals surface area (Å²) < 4.78 is 46.1. The Kier molecular flexibility index (Phi) is 11.2. The van der Waals surface area contributed by atoms with E-state index in [2.05, 4.69) is 10.3 Å². The number of rotatable bonds is 15. The van der Waals surface area contributed by atoms with Crippen LogP contribution in [0.5, 0.6) is 17.2 Å². The minimum Gasteiger partial charge on any atom is -0.493 e. The number of methoxy groups -OCH3 is 3. The zero-order valence-electron chi connectivity index (χ0n) is 25.5. The number of nitro groups is 1. The molecule has 4 aromatic rings. The lowest BCUT2D eigenvalue weighted by atomic mass is 10.0. The second kappa shape index (κ2) is 15.3. The highest BCUT2D eigenvalue weighted by molar-refractivity contribution is 7.89. The summed E-state index contributed by atoms with van der Waals surface area (Å²) in [4.78, 5) is 28.6. The maximum absolute atomic E-state index is 14.4. The van der Waals surface area contributed by atoms with Crippen LogP contribution in [0, 0.1) is 10.1 Å². The van der Waals surface area contributed by atoms with Crippen LogP contribution in [0.4, 0.5) is 5.69 Å². The molecule has 0 aliphatic rings. The maximum atomic E-state index is 14.4. The number of carbonyl (C=O) groups is 1. The fourth-order valence-corrected chi connectivity index (χ4v) is 6.65. The predicted octanol–water partition coefficient (Wildman–Crippen LogP) is 3.59. The van der Waals surface area contributed by atoms with E-state index in [4.69, 9.17) is 14.2 Å². The Labute approximate surface area is 266 Å². The SMILES string of the molecule is COc1cc(-c2cc(CN([C@@H](Cc3ccccc3)C(=O)NCCO)S(=O)(=O)c3ccccc3[N+](=O)[O-])ccn2)cc(OC)c1OC. The number of carbonyl (C=O) groups excluding carboxylic acids is 1. The first-order chi connectivity index (χ1) is 22.1. The zero-order valence-corrected chi connectivity index (χ0v) is 26.3. The second-order valence-electron chi connectivity index (χ2n) is 9.96. The molecule has 0 aliphatic carbocycles. The summed E-state index contributed by atoms with van der Waals surface area (Å²) in [6.07, 6.45) is 1.43. The fourth-order valence-electron chi connectivity index (χ4n) is 4.91. The smallest absolute Gasteiger partial charge is 0.289 e. The molecule has 0 radical (unpaired) electrons. The van der Waals surface area contributed by atoms with Gasteiger partial charge in [-0.15, -0.1) is 0 Å². The van der Waals surface area contributed by atoms with E-state index in [1.165, 1.54) is 39.7 Å². The molecule has 13 nitrogen and oxygen atoms in total. The van der Waals surface area contributed by atoms with Gasteiger partial charge < -0.3 is 24.6 Å². The van der Waals surface area contributed by atoms with Crippen LogP contribution in [0.15, 0.2) is 90.0 Å². The third kappa shape index (κ3) is 7.59. The van der Waals surface area contributed by atoms with Gasteiger partial charge in [0.25, 0.3) is 15.7 Å². The fraction of sp³-hybridized carbons (Fsp3) is 0.250. The van der Waals surface area contributed by atoms with E-state index < -0.39 is 37.5 Å². The average molecular weight is 651 g/mol. The second-order valence-corrected chi connectivity index (χ2v) is 11.8. The number of benzene rings is 3. The number of pyridine rings is 1. The maximum Gasteiger partial charge on any atom is 0.289 e. The van der Waals surface area contributed by atoms with Crippen molar-refractivity contribution in [2.24, 2.45) is 0 Å². The minimum atomic E-state index is -4.68. The third-order valence-electron chi connectivity index (χ3n) is 7.11. The van der Waals surface area contributed by atoms with Gasteiger partial charge in [0.05, 0.1) is 38.6 Å². The Morgan fingerprint density at radius 3 is 2.22 bits per heavy atom. The number of aliphatic hydroxyl groups excluding tert-OH is 1. The third-order valence-corrected chi connectivity index (χ3v) is 9.01. The van der Waals surface area contributed by atoms with Crippen LogP contribution in [0.1, 0.15) is 11.1 Å². The Bertz CT molecular complexity index is 1760. The van der Waals surface area contributed by atoms with E-state index in [1.807, 2.05) is 0 Å². The van der Waals surface area contributed by atoms with Gasteiger partial charge in [-0.3, -0.25) is 19.9 Å². The molecule has 0 aliphatic heterocycles. The van der Waals surface area contributed by atoms with Crippen molar-refractivity contribution in [1.82, 2.24) is 14.6 Å². The van der Waals surface area contributed by atoms with Crippen molar-refractivity contribution >= 4 is 21.6 Å². The van der Waals surface area contributed by atoms with Crippen molar-refractivity contribution < 1.29 is 37.5 Å². The van der Waals surface area contributed by atoms with Crippen molar-refractivity contribution in [3.63, 3.8) is 0 Å². The van der Waals surface area contributed by atoms with Crippen LogP contribution in [0.2, 0.25) is 0 Å². The number of amides is 1. The van der Waals surface area contributed by atoms with Crippen LogP contribution >= 0.6 is 0 Å². The van der Waals surface area contributed by atoms with Crippen LogP contribution in [-0.2, 0) is 27.8 Å². The molecule has 14 heteroatoms. The van der Waals surface area contributed by atoms with Gasteiger partial charge in [-0.1, -0.05) is 42.5 Å². The molecule has 1 aromatic heterocycles. The van der Waals surface area contributed by atoms with E-state index in [0.29, 0.717) is 39.6 Å². The number of ether oxygens (including phenoxy) is 3. The van der Waals surface area contributed by atoms with E-state index in [9.17, 15) is 28.4 Å². The number of nitrogens with one attached hydrogen (secondary N) is 1. The largest absolute Gasteiger partial charge is 0.493 e. The first-order valence-electron chi connectivity index (χ1n) is 14.1. The summed E-state index contributed by atoms with van der Waals surface area (Å²) in [5.74, 6) is 0.462. The Balaban J connectivity index is 1.87. The van der Waals surface area contributed by atoms with Crippen molar-refractivity contribution in [3.05, 3.63) is 106 Å². The molecule has 0 bridgehead atoms. The Hall–Kier alpha value is -5.05. The lowest BCUT2D eigenvalue weighted by molar-refractivity contribution is -0.387. The normalized spacial score (nSPS) is 11.9. The molecule has 0 fully saturated rings. The van der Waals surface area contributed by atoms with Crippen molar-refractivity contribution in [1.29, 1.82) is 0 Å². The molecule has 0 spiro atoms. The zero-order chi connectivity index (χ0) is 33.3. The summed E-state index contributed by atoms with van der Waals surface area (Å²) in [6, 6.07) is 19.0. The summed E-state index contributed by atoms with van der Waals surface area (Å²) in [5, 5.41) is 23.9. The van der Waals surface area contributed by atoms with Crippen LogP contribution in [0.25, 0.3) is 11.3 Å². The minimum absolute atomic E-state index is 0.0528. The molecular weight excluding hydrogens is 616 g/mol. The number of para-hydroxylation sites is 1. The number of hydrogen-bond acceptors (Lipinski definition) is 10. The lowest BCUT2D eigenvalue weighted by Crippen LogP contribution is -2.50. The van der Waals surface area contributed by atoms with Crippen LogP contribution in [-0.4, -0.2) is 74.2 Å². The summed E-state index contributed by atoms with van der Waals surface area (Å²) in [6.45, 7) is -0.842. The van der Waals surface area contributed by atoms with Gasteiger partial charge in [0.1, 0.15) is 6.04 Å². The van der Waals surface area contributed by atoms with Crippen molar-refractivity contribution in [2.45, 2.75) is 23.9 Å². The van der Waals surface area contributed by atoms with Crippen LogP contribution in [0.3, 0.4) is 0 Å². The van der Waals surface area contributed by atoms with Gasteiger partial charge in [0.2, 0.25) is 11.7 Å². The Morgan fingerprint density at radius 1 is 0.957 bits per heavy atom. The van der Waals surface area contributed by atoms with Crippen molar-refractivity contribution in [3.8, 4) is 28.5 Å². The highest BCUT2D eigenvalue weighted by Crippen LogP contribution is 2.41. The van der Waals surface area contributed by atoms with Gasteiger partial charge in [0.15, 0.2) is 16.4 Å². The molecule has 2 N–H and O–H groups in total. The number of nitro benzene ring substituents is 1. The molecule has 4 rings (SSSR count). The molecule has 1 atom stereocenters. The quantitative estimate of drug-likeness (QED) is 0.143. The monoisotopic (exact) mass is 650 g/mol. The highest BCUT2D eigenvalue weighted by atomic mass is 32.2. The van der Waals surface area contributed by atoms with Gasteiger partial charge in [-0.25, -0.2) is 8.42 Å². The molecule has 242 valence electrons. The summed E-state index contributed by atoms with van der Waals surface area (Å²) in [7, 11) is -0.246. The van der Waals surface area contributed by atoms with Gasteiger partial charge >= 0.3 is 0 Å². The average Bonchev–Trinajstić information content (AvgIpc) is 3.08. The van der Waals surface area contributed by atoms with E-state index >= 15 is 0 Å². The lowest BCUT2D eigenvalue weighted by Gasteiger charge is -2.30. The van der Waals surface area contributed by atoms with Crippen LogP contribution < -0.4 is 19.5 Å². The number of sulfonamides is 1. The molecule has 46 heavy (non-hydrogen) atoms. The first-order valence-corrected chi connectivity index (χ1v) is 15.5. The standard InChI is InChI=1S/C32H34N4O9S/c1-43-28-19-24(20-29(44-2)31(28)45-3)25-17-23(13-14-33-25)21-35(46(41,42)30-12-8-7-11-26(30)36(39)40)27(32(38)34-15-16-37)18-22-9-5-4-6-10-22/h4-14,17,19-20,27,37H,15-16,18,21H2,1-3H3,(H,34,38)/t27-/m0/s1. The predicted molar refractivity (Wildman–Crippen MR) is 169 cm³/mol. The topological polar surface area (TPSA) is 170 Å². The van der Waals surface area contributed by atoms with Gasteiger partial charge in [0, 0.05) is 30.9 Å². The Morgan fingerprint density at radius 2 is 1.61 bits per heavy atom. The van der Waals surface area contributed by atoms with E-state index in [0.717, 1.165) is 16.4 Å². The highest BCUT2D eigenvalue weighted by Gasteiger charge is 2.39. The molecule has 3 aromatic carbocycles. The number of nitrogens with zero attached hydrogens (tertiary/aromatic N) is 3. The summed E-state index contributed by atoms with van der Waals surface area (Å²) in [5.41, 5.74) is 1.47. The first kappa shape index (κ1) is 33.8. The van der Waals surface area contributed by atoms with Crippen molar-refractivity contribution in [2.75, 3.05) is 34.5 Å². The molecule has 1 amide bonds.